The highest BCUT2D eigenvalue weighted by Gasteiger charge is 2.10. The van der Waals surface area contributed by atoms with E-state index in [1.165, 1.54) is 6.08 Å². The van der Waals surface area contributed by atoms with Gasteiger partial charge in [0, 0.05) is 6.54 Å². The Morgan fingerprint density at radius 1 is 1.44 bits per heavy atom. The molecule has 0 aliphatic carbocycles. The average molecular weight is 247 g/mol. The van der Waals surface area contributed by atoms with E-state index in [1.807, 2.05) is 19.1 Å². The van der Waals surface area contributed by atoms with Crippen molar-refractivity contribution in [3.63, 3.8) is 0 Å². The van der Waals surface area contributed by atoms with Crippen molar-refractivity contribution in [3.8, 4) is 0 Å². The second-order valence-corrected chi connectivity index (χ2v) is 3.90. The lowest BCUT2D eigenvalue weighted by Gasteiger charge is -2.08. The van der Waals surface area contributed by atoms with Crippen LogP contribution in [0.5, 0.6) is 0 Å². The fraction of sp³-hybridized carbons (Fsp3) is 0.286. The molecule has 1 aromatic carbocycles. The Labute approximate surface area is 106 Å². The number of hydrogen-bond acceptors (Lipinski definition) is 2. The predicted octanol–water partition coefficient (Wildman–Crippen LogP) is 1.79. The van der Waals surface area contributed by atoms with Gasteiger partial charge in [-0.15, -0.1) is 0 Å². The standard InChI is InChI=1S/C14H17NO3/c1-3-10-5-6-11(12(9-10)14(17)18)7-8-15-13(16)4-2/h4-6,9H,2-3,7-8H2,1H3,(H,15,16)(H,17,18). The highest BCUT2D eigenvalue weighted by atomic mass is 16.4. The Balaban J connectivity index is 2.78. The van der Waals surface area contributed by atoms with Gasteiger partial charge in [-0.3, -0.25) is 4.79 Å². The first-order valence-corrected chi connectivity index (χ1v) is 5.83. The molecule has 0 aliphatic rings. The summed E-state index contributed by atoms with van der Waals surface area (Å²) in [6.07, 6.45) is 2.48. The fourth-order valence-corrected chi connectivity index (χ4v) is 1.65. The molecule has 0 radical (unpaired) electrons. The minimum absolute atomic E-state index is 0.253. The first-order chi connectivity index (χ1) is 8.58. The molecule has 1 amide bonds. The Morgan fingerprint density at radius 2 is 2.17 bits per heavy atom. The molecule has 4 nitrogen and oxygen atoms in total. The molecule has 0 spiro atoms. The monoisotopic (exact) mass is 247 g/mol. The zero-order valence-corrected chi connectivity index (χ0v) is 10.4. The number of carbonyl (C=O) groups excluding carboxylic acids is 1. The molecule has 1 rings (SSSR count). The Kier molecular flexibility index (Phi) is 5.11. The number of benzene rings is 1. The Bertz CT molecular complexity index is 466. The lowest BCUT2D eigenvalue weighted by Crippen LogP contribution is -2.23. The number of amides is 1. The minimum Gasteiger partial charge on any atom is -0.478 e. The molecule has 0 atom stereocenters. The van der Waals surface area contributed by atoms with Gasteiger partial charge in [0.15, 0.2) is 0 Å². The van der Waals surface area contributed by atoms with E-state index in [2.05, 4.69) is 11.9 Å². The minimum atomic E-state index is -0.935. The number of carbonyl (C=O) groups is 2. The molecule has 96 valence electrons. The molecule has 0 aromatic heterocycles. The lowest BCUT2D eigenvalue weighted by molar-refractivity contribution is -0.116. The van der Waals surface area contributed by atoms with Crippen molar-refractivity contribution in [1.82, 2.24) is 5.32 Å². The smallest absolute Gasteiger partial charge is 0.335 e. The summed E-state index contributed by atoms with van der Waals surface area (Å²) in [7, 11) is 0. The van der Waals surface area contributed by atoms with E-state index in [1.54, 1.807) is 6.07 Å². The van der Waals surface area contributed by atoms with Crippen LogP contribution in [0.2, 0.25) is 0 Å². The van der Waals surface area contributed by atoms with E-state index in [9.17, 15) is 9.59 Å². The van der Waals surface area contributed by atoms with E-state index >= 15 is 0 Å². The molecular weight excluding hydrogens is 230 g/mol. The molecule has 0 saturated carbocycles. The van der Waals surface area contributed by atoms with Crippen molar-refractivity contribution in [2.75, 3.05) is 6.54 Å². The van der Waals surface area contributed by atoms with Gasteiger partial charge >= 0.3 is 5.97 Å². The van der Waals surface area contributed by atoms with E-state index < -0.39 is 5.97 Å². The highest BCUT2D eigenvalue weighted by Crippen LogP contribution is 2.13. The Morgan fingerprint density at radius 3 is 2.72 bits per heavy atom. The van der Waals surface area contributed by atoms with Crippen LogP contribution >= 0.6 is 0 Å². The van der Waals surface area contributed by atoms with Gasteiger partial charge in [0.1, 0.15) is 0 Å². The largest absolute Gasteiger partial charge is 0.478 e. The number of carboxylic acid groups (broad SMARTS) is 1. The van der Waals surface area contributed by atoms with Crippen LogP contribution < -0.4 is 5.32 Å². The summed E-state index contributed by atoms with van der Waals surface area (Å²) in [6, 6.07) is 5.41. The van der Waals surface area contributed by atoms with E-state index in [0.29, 0.717) is 18.5 Å². The van der Waals surface area contributed by atoms with Gasteiger partial charge in [0.2, 0.25) is 5.91 Å². The molecule has 0 bridgehead atoms. The van der Waals surface area contributed by atoms with Crippen LogP contribution in [-0.4, -0.2) is 23.5 Å². The fourth-order valence-electron chi connectivity index (χ4n) is 1.65. The third kappa shape index (κ3) is 3.73. The number of carboxylic acids is 1. The van der Waals surface area contributed by atoms with Crippen LogP contribution in [0.25, 0.3) is 0 Å². The second-order valence-electron chi connectivity index (χ2n) is 3.90. The molecule has 0 saturated heterocycles. The van der Waals surface area contributed by atoms with Crippen molar-refractivity contribution < 1.29 is 14.7 Å². The van der Waals surface area contributed by atoms with E-state index in [-0.39, 0.29) is 5.91 Å². The van der Waals surface area contributed by atoms with Crippen LogP contribution in [0.4, 0.5) is 0 Å². The number of aromatic carboxylic acids is 1. The molecule has 1 aromatic rings. The second kappa shape index (κ2) is 6.59. The van der Waals surface area contributed by atoms with Gasteiger partial charge in [-0.05, 0) is 36.1 Å². The molecular formula is C14H17NO3. The maximum absolute atomic E-state index is 11.1. The third-order valence-electron chi connectivity index (χ3n) is 2.69. The summed E-state index contributed by atoms with van der Waals surface area (Å²) in [4.78, 5) is 22.1. The zero-order chi connectivity index (χ0) is 13.5. The van der Waals surface area contributed by atoms with Gasteiger partial charge < -0.3 is 10.4 Å². The van der Waals surface area contributed by atoms with Gasteiger partial charge in [-0.2, -0.15) is 0 Å². The molecule has 18 heavy (non-hydrogen) atoms. The first kappa shape index (κ1) is 14.0. The van der Waals surface area contributed by atoms with Crippen LogP contribution in [0.1, 0.15) is 28.4 Å². The van der Waals surface area contributed by atoms with Crippen LogP contribution in [0, 0.1) is 0 Å². The van der Waals surface area contributed by atoms with Gasteiger partial charge in [0.25, 0.3) is 0 Å². The third-order valence-corrected chi connectivity index (χ3v) is 2.69. The molecule has 4 heteroatoms. The van der Waals surface area contributed by atoms with Crippen LogP contribution in [-0.2, 0) is 17.6 Å². The van der Waals surface area contributed by atoms with Gasteiger partial charge in [-0.1, -0.05) is 25.6 Å². The topological polar surface area (TPSA) is 66.4 Å². The van der Waals surface area contributed by atoms with Crippen molar-refractivity contribution in [1.29, 1.82) is 0 Å². The quantitative estimate of drug-likeness (QED) is 0.753. The van der Waals surface area contributed by atoms with E-state index in [0.717, 1.165) is 17.5 Å². The van der Waals surface area contributed by atoms with Gasteiger partial charge in [0.05, 0.1) is 5.56 Å². The molecule has 2 N–H and O–H groups in total. The van der Waals surface area contributed by atoms with Crippen LogP contribution in [0.15, 0.2) is 30.9 Å². The number of hydrogen-bond donors (Lipinski definition) is 2. The van der Waals surface area contributed by atoms with Crippen molar-refractivity contribution in [2.45, 2.75) is 19.8 Å². The maximum atomic E-state index is 11.1. The summed E-state index contributed by atoms with van der Waals surface area (Å²) < 4.78 is 0. The maximum Gasteiger partial charge on any atom is 0.335 e. The molecule has 0 aliphatic heterocycles. The summed E-state index contributed by atoms with van der Waals surface area (Å²) in [5.41, 5.74) is 2.03. The highest BCUT2D eigenvalue weighted by molar-refractivity contribution is 5.90. The zero-order valence-electron chi connectivity index (χ0n) is 10.4. The predicted molar refractivity (Wildman–Crippen MR) is 69.7 cm³/mol. The molecule has 0 heterocycles. The number of aryl methyl sites for hydroxylation is 1. The van der Waals surface area contributed by atoms with Gasteiger partial charge in [-0.25, -0.2) is 4.79 Å². The molecule has 0 unspecified atom stereocenters. The number of rotatable bonds is 6. The lowest BCUT2D eigenvalue weighted by atomic mass is 10.0. The summed E-state index contributed by atoms with van der Waals surface area (Å²) >= 11 is 0. The van der Waals surface area contributed by atoms with Crippen LogP contribution in [0.3, 0.4) is 0 Å². The summed E-state index contributed by atoms with van der Waals surface area (Å²) in [5, 5.41) is 11.8. The van der Waals surface area contributed by atoms with Crippen molar-refractivity contribution >= 4 is 11.9 Å². The number of nitrogens with one attached hydrogen (secondary N) is 1. The summed E-state index contributed by atoms with van der Waals surface area (Å²) in [6.45, 7) is 5.73. The van der Waals surface area contributed by atoms with Crippen molar-refractivity contribution in [3.05, 3.63) is 47.5 Å². The molecule has 0 fully saturated rings. The van der Waals surface area contributed by atoms with E-state index in [4.69, 9.17) is 5.11 Å². The van der Waals surface area contributed by atoms with Crippen molar-refractivity contribution in [2.24, 2.45) is 0 Å². The average Bonchev–Trinajstić information content (AvgIpc) is 2.38. The normalized spacial score (nSPS) is 9.83. The SMILES string of the molecule is C=CC(=O)NCCc1ccc(CC)cc1C(=O)O. The summed E-state index contributed by atoms with van der Waals surface area (Å²) in [5.74, 6) is -1.19. The Hall–Kier alpha value is -2.10. The first-order valence-electron chi connectivity index (χ1n) is 5.83.